The lowest BCUT2D eigenvalue weighted by Crippen LogP contribution is -2.12. The maximum atomic E-state index is 13.3. The molecule has 0 bridgehead atoms. The number of nitro groups is 1. The molecule has 2 aromatic rings. The van der Waals surface area contributed by atoms with Gasteiger partial charge in [0.05, 0.1) is 10.5 Å². The Balaban J connectivity index is 2.77. The van der Waals surface area contributed by atoms with E-state index in [9.17, 15) is 28.1 Å². The van der Waals surface area contributed by atoms with Crippen molar-refractivity contribution in [2.75, 3.05) is 5.32 Å². The van der Waals surface area contributed by atoms with Gasteiger partial charge in [-0.25, -0.2) is 0 Å². The fourth-order valence-corrected chi connectivity index (χ4v) is 2.12. The maximum absolute atomic E-state index is 13.3. The monoisotopic (exact) mass is 324 g/mol. The van der Waals surface area contributed by atoms with Crippen LogP contribution in [0.1, 0.15) is 12.5 Å². The maximum Gasteiger partial charge on any atom is 0.417 e. The molecule has 0 saturated carbocycles. The number of nitrogens with zero attached hydrogens (tertiary/aromatic N) is 1. The van der Waals surface area contributed by atoms with Gasteiger partial charge in [0.25, 0.3) is 5.69 Å². The first-order chi connectivity index (χ1) is 10.7. The van der Waals surface area contributed by atoms with Crippen molar-refractivity contribution in [3.8, 4) is 11.1 Å². The molecular weight excluding hydrogens is 313 g/mol. The second-order valence-corrected chi connectivity index (χ2v) is 4.72. The summed E-state index contributed by atoms with van der Waals surface area (Å²) in [7, 11) is 0. The van der Waals surface area contributed by atoms with Gasteiger partial charge >= 0.3 is 6.18 Å². The molecule has 1 amide bonds. The summed E-state index contributed by atoms with van der Waals surface area (Å²) in [6, 6.07) is 9.05. The lowest BCUT2D eigenvalue weighted by Gasteiger charge is -2.15. The molecule has 0 saturated heterocycles. The molecule has 0 aliphatic rings. The van der Waals surface area contributed by atoms with E-state index in [4.69, 9.17) is 0 Å². The largest absolute Gasteiger partial charge is 0.417 e. The van der Waals surface area contributed by atoms with Crippen LogP contribution in [0.15, 0.2) is 42.5 Å². The van der Waals surface area contributed by atoms with Crippen molar-refractivity contribution in [2.45, 2.75) is 13.1 Å². The zero-order chi connectivity index (χ0) is 17.2. The van der Waals surface area contributed by atoms with Gasteiger partial charge in [-0.05, 0) is 17.2 Å². The second-order valence-electron chi connectivity index (χ2n) is 4.72. The molecule has 2 aromatic carbocycles. The highest BCUT2D eigenvalue weighted by Gasteiger charge is 2.36. The molecule has 0 radical (unpaired) electrons. The van der Waals surface area contributed by atoms with Crippen LogP contribution in [0.2, 0.25) is 0 Å². The molecule has 0 aromatic heterocycles. The number of benzene rings is 2. The van der Waals surface area contributed by atoms with Crippen LogP contribution in [0.5, 0.6) is 0 Å². The Hall–Kier alpha value is -2.90. The number of amides is 1. The average molecular weight is 324 g/mol. The smallest absolute Gasteiger partial charge is 0.321 e. The quantitative estimate of drug-likeness (QED) is 0.678. The van der Waals surface area contributed by atoms with E-state index >= 15 is 0 Å². The third kappa shape index (κ3) is 3.65. The Bertz CT molecular complexity index is 759. The predicted octanol–water partition coefficient (Wildman–Crippen LogP) is 4.24. The molecule has 0 aliphatic heterocycles. The number of hydrogen-bond acceptors (Lipinski definition) is 3. The van der Waals surface area contributed by atoms with Crippen LogP contribution in [0.4, 0.5) is 24.5 Å². The summed E-state index contributed by atoms with van der Waals surface area (Å²) in [6.45, 7) is 1.11. The van der Waals surface area contributed by atoms with Gasteiger partial charge in [-0.3, -0.25) is 14.9 Å². The minimum atomic E-state index is -4.77. The molecule has 0 aliphatic carbocycles. The molecule has 0 atom stereocenters. The van der Waals surface area contributed by atoms with Crippen molar-refractivity contribution in [1.29, 1.82) is 0 Å². The number of nitro benzene ring substituents is 1. The molecule has 23 heavy (non-hydrogen) atoms. The number of carbonyl (C=O) groups excluding carboxylic acids is 1. The van der Waals surface area contributed by atoms with Crippen LogP contribution in [0.3, 0.4) is 0 Å². The first kappa shape index (κ1) is 16.5. The summed E-state index contributed by atoms with van der Waals surface area (Å²) in [5.41, 5.74) is -2.24. The Morgan fingerprint density at radius 1 is 1.17 bits per heavy atom. The zero-order valence-corrected chi connectivity index (χ0v) is 11.8. The average Bonchev–Trinajstić information content (AvgIpc) is 2.45. The third-order valence-electron chi connectivity index (χ3n) is 3.03. The topological polar surface area (TPSA) is 72.2 Å². The van der Waals surface area contributed by atoms with Crippen LogP contribution < -0.4 is 5.32 Å². The van der Waals surface area contributed by atoms with E-state index in [1.165, 1.54) is 12.1 Å². The number of hydrogen-bond donors (Lipinski definition) is 1. The van der Waals surface area contributed by atoms with E-state index in [1.54, 1.807) is 18.2 Å². The van der Waals surface area contributed by atoms with E-state index in [-0.39, 0.29) is 16.8 Å². The fourth-order valence-electron chi connectivity index (χ4n) is 2.12. The molecular formula is C15H11F3N2O3. The molecule has 1 N–H and O–H groups in total. The number of rotatable bonds is 3. The molecule has 0 heterocycles. The predicted molar refractivity (Wildman–Crippen MR) is 77.8 cm³/mol. The normalized spacial score (nSPS) is 11.1. The van der Waals surface area contributed by atoms with Crippen molar-refractivity contribution in [3.63, 3.8) is 0 Å². The summed E-state index contributed by atoms with van der Waals surface area (Å²) in [5, 5.41) is 13.2. The van der Waals surface area contributed by atoms with E-state index in [0.717, 1.165) is 13.0 Å². The van der Waals surface area contributed by atoms with Crippen LogP contribution in [0.25, 0.3) is 11.1 Å². The highest BCUT2D eigenvalue weighted by Crippen LogP contribution is 2.42. The lowest BCUT2D eigenvalue weighted by atomic mass is 9.97. The lowest BCUT2D eigenvalue weighted by molar-refractivity contribution is -0.384. The van der Waals surface area contributed by atoms with E-state index < -0.39 is 28.3 Å². The molecule has 0 fully saturated rings. The first-order valence-electron chi connectivity index (χ1n) is 6.43. The Morgan fingerprint density at radius 3 is 2.26 bits per heavy atom. The number of halogens is 3. The van der Waals surface area contributed by atoms with Gasteiger partial charge in [-0.2, -0.15) is 13.2 Å². The van der Waals surface area contributed by atoms with Crippen molar-refractivity contribution in [3.05, 3.63) is 58.1 Å². The van der Waals surface area contributed by atoms with Crippen LogP contribution in [-0.2, 0) is 11.0 Å². The van der Waals surface area contributed by atoms with Gasteiger partial charge in [0.15, 0.2) is 0 Å². The number of anilines is 1. The summed E-state index contributed by atoms with van der Waals surface area (Å²) >= 11 is 0. The SMILES string of the molecule is CC(=O)Nc1cc(-c2ccccc2)c(C(F)(F)F)cc1[N+](=O)[O-]. The number of carbonyl (C=O) groups is 1. The highest BCUT2D eigenvalue weighted by molar-refractivity contribution is 5.93. The Morgan fingerprint density at radius 2 is 1.78 bits per heavy atom. The minimum absolute atomic E-state index is 0.237. The van der Waals surface area contributed by atoms with E-state index in [1.807, 2.05) is 0 Å². The molecule has 5 nitrogen and oxygen atoms in total. The zero-order valence-electron chi connectivity index (χ0n) is 11.8. The van der Waals surface area contributed by atoms with Crippen LogP contribution >= 0.6 is 0 Å². The summed E-state index contributed by atoms with van der Waals surface area (Å²) in [6.07, 6.45) is -4.77. The Labute approximate surface area is 128 Å². The number of alkyl halides is 3. The van der Waals surface area contributed by atoms with Crippen molar-refractivity contribution < 1.29 is 22.9 Å². The van der Waals surface area contributed by atoms with Gasteiger partial charge in [-0.1, -0.05) is 30.3 Å². The summed E-state index contributed by atoms with van der Waals surface area (Å²) in [5.74, 6) is -0.619. The molecule has 0 spiro atoms. The molecule has 2 rings (SSSR count). The summed E-state index contributed by atoms with van der Waals surface area (Å²) < 4.78 is 39.8. The molecule has 0 unspecified atom stereocenters. The standard InChI is InChI=1S/C15H11F3N2O3/c1-9(21)19-13-7-11(10-5-3-2-4-6-10)12(15(16,17)18)8-14(13)20(22)23/h2-8H,1H3,(H,19,21). The van der Waals surface area contributed by atoms with Gasteiger partial charge in [0.2, 0.25) is 5.91 Å². The molecule has 120 valence electrons. The van der Waals surface area contributed by atoms with Crippen LogP contribution in [0, 0.1) is 10.1 Å². The summed E-state index contributed by atoms with van der Waals surface area (Å²) in [4.78, 5) is 21.2. The second kappa shape index (κ2) is 6.07. The van der Waals surface area contributed by atoms with Crippen molar-refractivity contribution >= 4 is 17.3 Å². The van der Waals surface area contributed by atoms with E-state index in [0.29, 0.717) is 6.07 Å². The Kier molecular flexibility index (Phi) is 4.35. The first-order valence-corrected chi connectivity index (χ1v) is 6.43. The van der Waals surface area contributed by atoms with Gasteiger partial charge in [0, 0.05) is 13.0 Å². The third-order valence-corrected chi connectivity index (χ3v) is 3.03. The van der Waals surface area contributed by atoms with Crippen LogP contribution in [-0.4, -0.2) is 10.8 Å². The van der Waals surface area contributed by atoms with Gasteiger partial charge in [0.1, 0.15) is 5.69 Å². The van der Waals surface area contributed by atoms with Gasteiger partial charge in [-0.15, -0.1) is 0 Å². The molecule has 8 heteroatoms. The van der Waals surface area contributed by atoms with Gasteiger partial charge < -0.3 is 5.32 Å². The van der Waals surface area contributed by atoms with Crippen molar-refractivity contribution in [1.82, 2.24) is 0 Å². The number of nitrogens with one attached hydrogen (secondary N) is 1. The van der Waals surface area contributed by atoms with Crippen molar-refractivity contribution in [2.24, 2.45) is 0 Å². The highest BCUT2D eigenvalue weighted by atomic mass is 19.4. The van der Waals surface area contributed by atoms with E-state index in [2.05, 4.69) is 5.32 Å². The minimum Gasteiger partial charge on any atom is -0.321 e. The fraction of sp³-hybridized carbons (Fsp3) is 0.133.